The molecule has 0 aromatic heterocycles. The Morgan fingerprint density at radius 1 is 1.10 bits per heavy atom. The Morgan fingerprint density at radius 3 is 2.14 bits per heavy atom. The van der Waals surface area contributed by atoms with E-state index in [4.69, 9.17) is 4.74 Å². The molecule has 0 aromatic rings. The lowest BCUT2D eigenvalue weighted by molar-refractivity contribution is -0.135. The second kappa shape index (κ2) is 10.8. The van der Waals surface area contributed by atoms with Gasteiger partial charge in [-0.3, -0.25) is 0 Å². The highest BCUT2D eigenvalue weighted by Crippen LogP contribution is 2.26. The van der Waals surface area contributed by atoms with Crippen molar-refractivity contribution in [2.75, 3.05) is 7.11 Å². The van der Waals surface area contributed by atoms with Crippen molar-refractivity contribution in [2.24, 2.45) is 0 Å². The van der Waals surface area contributed by atoms with E-state index in [1.54, 1.807) is 0 Å². The van der Waals surface area contributed by atoms with E-state index in [9.17, 15) is 4.79 Å². The van der Waals surface area contributed by atoms with Crippen molar-refractivity contribution in [1.29, 1.82) is 0 Å². The Morgan fingerprint density at radius 2 is 1.67 bits per heavy atom. The number of hydrogen-bond donors (Lipinski definition) is 0. The van der Waals surface area contributed by atoms with E-state index in [0.717, 1.165) is 24.5 Å². The third kappa shape index (κ3) is 8.25. The highest BCUT2D eigenvalue weighted by atomic mass is 28.3. The average molecular weight is 311 g/mol. The molecular formula is C18H34O2Si. The van der Waals surface area contributed by atoms with Crippen molar-refractivity contribution < 1.29 is 9.53 Å². The normalized spacial score (nSPS) is 12.8. The molecule has 0 rings (SSSR count). The topological polar surface area (TPSA) is 26.3 Å². The molecule has 0 atom stereocenters. The summed E-state index contributed by atoms with van der Waals surface area (Å²) in [4.78, 5) is 12.2. The van der Waals surface area contributed by atoms with Gasteiger partial charge in [0.05, 0.1) is 15.2 Å². The number of ether oxygens (including phenoxy) is 1. The second-order valence-corrected chi connectivity index (χ2v) is 11.7. The van der Waals surface area contributed by atoms with Crippen molar-refractivity contribution in [3.05, 3.63) is 23.4 Å². The number of allylic oxidation sites excluding steroid dienone is 2. The van der Waals surface area contributed by atoms with Crippen LogP contribution in [0.25, 0.3) is 0 Å². The van der Waals surface area contributed by atoms with Crippen LogP contribution in [0.3, 0.4) is 0 Å². The minimum Gasteiger partial charge on any atom is -0.466 e. The summed E-state index contributed by atoms with van der Waals surface area (Å²) in [6.07, 6.45) is 11.4. The minimum absolute atomic E-state index is 0.128. The Hall–Kier alpha value is -0.833. The van der Waals surface area contributed by atoms with Crippen LogP contribution in [0.2, 0.25) is 19.6 Å². The van der Waals surface area contributed by atoms with Gasteiger partial charge >= 0.3 is 5.97 Å². The number of rotatable bonds is 11. The smallest absolute Gasteiger partial charge is 0.329 e. The summed E-state index contributed by atoms with van der Waals surface area (Å²) in [5, 5.41) is 0.971. The fraction of sp³-hybridized carbons (Fsp3) is 0.722. The first-order valence-electron chi connectivity index (χ1n) is 8.30. The fourth-order valence-corrected chi connectivity index (χ4v) is 4.71. The molecule has 21 heavy (non-hydrogen) atoms. The summed E-state index contributed by atoms with van der Waals surface area (Å²) in [6.45, 7) is 12.7. The number of unbranched alkanes of at least 4 members (excludes halogenated alkanes) is 5. The van der Waals surface area contributed by atoms with Gasteiger partial charge in [-0.2, -0.15) is 0 Å². The van der Waals surface area contributed by atoms with Gasteiger partial charge in [0.25, 0.3) is 0 Å². The second-order valence-electron chi connectivity index (χ2n) is 6.73. The largest absolute Gasteiger partial charge is 0.466 e. The van der Waals surface area contributed by atoms with Crippen molar-refractivity contribution in [1.82, 2.24) is 0 Å². The number of methoxy groups -OCH3 is 1. The fourth-order valence-electron chi connectivity index (χ4n) is 2.70. The molecular weight excluding hydrogens is 276 g/mol. The van der Waals surface area contributed by atoms with Gasteiger partial charge < -0.3 is 4.74 Å². The monoisotopic (exact) mass is 310 g/mol. The molecule has 0 aliphatic rings. The highest BCUT2D eigenvalue weighted by Gasteiger charge is 2.29. The molecule has 0 aromatic carbocycles. The van der Waals surface area contributed by atoms with Gasteiger partial charge in [0, 0.05) is 5.20 Å². The summed E-state index contributed by atoms with van der Waals surface area (Å²) in [5.41, 5.74) is 1.26. The SMILES string of the molecule is C=CC/C(CCCCCCCC)=C(\C(=O)OC)[Si](C)(C)C. The molecule has 0 spiro atoms. The zero-order chi connectivity index (χ0) is 16.3. The summed E-state index contributed by atoms with van der Waals surface area (Å²) in [5.74, 6) is -0.128. The van der Waals surface area contributed by atoms with Crippen LogP contribution in [0.5, 0.6) is 0 Å². The maximum Gasteiger partial charge on any atom is 0.329 e. The molecule has 0 unspecified atom stereocenters. The molecule has 0 bridgehead atoms. The van der Waals surface area contributed by atoms with Gasteiger partial charge in [0.2, 0.25) is 0 Å². The van der Waals surface area contributed by atoms with Crippen LogP contribution in [0.4, 0.5) is 0 Å². The molecule has 0 saturated carbocycles. The number of carbonyl (C=O) groups excluding carboxylic acids is 1. The van der Waals surface area contributed by atoms with Crippen molar-refractivity contribution in [2.45, 2.75) is 77.9 Å². The van der Waals surface area contributed by atoms with Crippen LogP contribution in [0, 0.1) is 0 Å². The zero-order valence-corrected chi connectivity index (χ0v) is 15.8. The van der Waals surface area contributed by atoms with E-state index < -0.39 is 8.07 Å². The number of hydrogen-bond acceptors (Lipinski definition) is 2. The van der Waals surface area contributed by atoms with Crippen LogP contribution in [-0.4, -0.2) is 21.2 Å². The van der Waals surface area contributed by atoms with Crippen LogP contribution in [-0.2, 0) is 9.53 Å². The van der Waals surface area contributed by atoms with Crippen LogP contribution in [0.1, 0.15) is 58.3 Å². The summed E-state index contributed by atoms with van der Waals surface area (Å²) < 4.78 is 5.03. The van der Waals surface area contributed by atoms with Gasteiger partial charge in [-0.15, -0.1) is 6.58 Å². The van der Waals surface area contributed by atoms with E-state index in [1.807, 2.05) is 6.08 Å². The third-order valence-corrected chi connectivity index (χ3v) is 5.77. The maximum absolute atomic E-state index is 12.2. The van der Waals surface area contributed by atoms with Gasteiger partial charge in [0.15, 0.2) is 0 Å². The molecule has 122 valence electrons. The lowest BCUT2D eigenvalue weighted by Crippen LogP contribution is -2.32. The summed E-state index contributed by atoms with van der Waals surface area (Å²) in [6, 6.07) is 0. The number of esters is 1. The van der Waals surface area contributed by atoms with Gasteiger partial charge in [-0.05, 0) is 19.3 Å². The predicted octanol–water partition coefficient (Wildman–Crippen LogP) is 5.66. The van der Waals surface area contributed by atoms with E-state index in [-0.39, 0.29) is 5.97 Å². The van der Waals surface area contributed by atoms with Crippen molar-refractivity contribution >= 4 is 14.0 Å². The Balaban J connectivity index is 4.83. The molecule has 0 aliphatic heterocycles. The van der Waals surface area contributed by atoms with Gasteiger partial charge in [0.1, 0.15) is 0 Å². The van der Waals surface area contributed by atoms with Crippen molar-refractivity contribution in [3.63, 3.8) is 0 Å². The van der Waals surface area contributed by atoms with Gasteiger partial charge in [-0.25, -0.2) is 4.79 Å². The molecule has 0 aliphatic carbocycles. The molecule has 0 heterocycles. The average Bonchev–Trinajstić information content (AvgIpc) is 2.41. The predicted molar refractivity (Wildman–Crippen MR) is 95.2 cm³/mol. The highest BCUT2D eigenvalue weighted by molar-refractivity contribution is 6.87. The Bertz CT molecular complexity index is 351. The molecule has 0 radical (unpaired) electrons. The van der Waals surface area contributed by atoms with Crippen LogP contribution >= 0.6 is 0 Å². The third-order valence-electron chi connectivity index (χ3n) is 3.72. The maximum atomic E-state index is 12.2. The molecule has 0 N–H and O–H groups in total. The summed E-state index contributed by atoms with van der Waals surface area (Å²) >= 11 is 0. The minimum atomic E-state index is -1.69. The lowest BCUT2D eigenvalue weighted by Gasteiger charge is -2.23. The standard InChI is InChI=1S/C18H34O2Si/c1-7-9-10-11-12-13-15-16(14-8-2)17(18(19)20-3)21(4,5)6/h8H,2,7,9-15H2,1,3-6H3/b17-16-. The van der Waals surface area contributed by atoms with Crippen molar-refractivity contribution in [3.8, 4) is 0 Å². The molecule has 0 amide bonds. The number of carbonyl (C=O) groups is 1. The quantitative estimate of drug-likeness (QED) is 0.162. The zero-order valence-electron chi connectivity index (χ0n) is 14.8. The van der Waals surface area contributed by atoms with Gasteiger partial charge in [-0.1, -0.05) is 70.3 Å². The first kappa shape index (κ1) is 20.2. The lowest BCUT2D eigenvalue weighted by atomic mass is 10.0. The van der Waals surface area contributed by atoms with Crippen LogP contribution < -0.4 is 0 Å². The van der Waals surface area contributed by atoms with E-state index in [2.05, 4.69) is 33.1 Å². The molecule has 3 heteroatoms. The molecule has 2 nitrogen and oxygen atoms in total. The van der Waals surface area contributed by atoms with E-state index in [1.165, 1.54) is 44.8 Å². The summed E-state index contributed by atoms with van der Waals surface area (Å²) in [7, 11) is -0.210. The Labute approximate surface area is 132 Å². The Kier molecular flexibility index (Phi) is 10.4. The molecule has 0 saturated heterocycles. The first-order chi connectivity index (χ1) is 9.88. The van der Waals surface area contributed by atoms with E-state index >= 15 is 0 Å². The van der Waals surface area contributed by atoms with E-state index in [0.29, 0.717) is 0 Å². The first-order valence-corrected chi connectivity index (χ1v) is 11.8. The van der Waals surface area contributed by atoms with Crippen LogP contribution in [0.15, 0.2) is 23.4 Å². The molecule has 0 fully saturated rings.